The van der Waals surface area contributed by atoms with Gasteiger partial charge in [0, 0.05) is 16.1 Å². The van der Waals surface area contributed by atoms with Gasteiger partial charge in [-0.25, -0.2) is 0 Å². The minimum absolute atomic E-state index is 0.0533. The van der Waals surface area contributed by atoms with Crippen molar-refractivity contribution in [2.24, 2.45) is 0 Å². The molecule has 3 amide bonds. The molecule has 1 heterocycles. The number of carbonyl (C=O) groups is 4. The Bertz CT molecular complexity index is 1290. The number of carbonyl (C=O) groups excluding carboxylic acids is 4. The van der Waals surface area contributed by atoms with Crippen LogP contribution in [0.2, 0.25) is 5.02 Å². The number of rotatable bonds is 8. The summed E-state index contributed by atoms with van der Waals surface area (Å²) in [6.07, 6.45) is 0. The fourth-order valence-corrected chi connectivity index (χ4v) is 4.11. The summed E-state index contributed by atoms with van der Waals surface area (Å²) in [5.74, 6) is -1.56. The van der Waals surface area contributed by atoms with Gasteiger partial charge in [-0.1, -0.05) is 54.1 Å². The summed E-state index contributed by atoms with van der Waals surface area (Å²) in [5, 5.41) is 3.05. The molecule has 0 saturated heterocycles. The number of imide groups is 1. The minimum atomic E-state index is -0.984. The van der Waals surface area contributed by atoms with E-state index in [1.807, 2.05) is 0 Å². The highest BCUT2D eigenvalue weighted by atomic mass is 35.5. The molecule has 8 heteroatoms. The SMILES string of the molecule is CC(C)(COCC(=O)Nc1ccc(Cl)cc1C(=O)c1ccccc1)N1C(=O)c2ccccc2C1=O. The van der Waals surface area contributed by atoms with Crippen molar-refractivity contribution in [3.8, 4) is 0 Å². The fraction of sp³-hybridized carbons (Fsp3) is 0.185. The van der Waals surface area contributed by atoms with Gasteiger partial charge in [-0.3, -0.25) is 24.1 Å². The van der Waals surface area contributed by atoms with Gasteiger partial charge in [0.25, 0.3) is 11.8 Å². The van der Waals surface area contributed by atoms with Crippen LogP contribution in [0, 0.1) is 0 Å². The molecule has 1 aliphatic heterocycles. The molecule has 0 bridgehead atoms. The number of ether oxygens (including phenoxy) is 1. The summed E-state index contributed by atoms with van der Waals surface area (Å²) in [7, 11) is 0. The zero-order chi connectivity index (χ0) is 25.2. The fourth-order valence-electron chi connectivity index (χ4n) is 3.94. The number of anilines is 1. The van der Waals surface area contributed by atoms with E-state index >= 15 is 0 Å². The van der Waals surface area contributed by atoms with Crippen LogP contribution in [0.15, 0.2) is 72.8 Å². The van der Waals surface area contributed by atoms with Crippen LogP contribution in [-0.4, -0.2) is 47.2 Å². The summed E-state index contributed by atoms with van der Waals surface area (Å²) in [6, 6.07) is 19.9. The number of ketones is 1. The van der Waals surface area contributed by atoms with Crippen molar-refractivity contribution in [1.82, 2.24) is 4.90 Å². The molecule has 0 fully saturated rings. The molecule has 3 aromatic rings. The molecular weight excluding hydrogens is 468 g/mol. The summed E-state index contributed by atoms with van der Waals surface area (Å²) in [6.45, 7) is 3.00. The average molecular weight is 491 g/mol. The number of fused-ring (bicyclic) bond motifs is 1. The van der Waals surface area contributed by atoms with Gasteiger partial charge < -0.3 is 10.1 Å². The van der Waals surface area contributed by atoms with E-state index in [1.165, 1.54) is 6.07 Å². The number of benzene rings is 3. The number of nitrogens with zero attached hydrogens (tertiary/aromatic N) is 1. The van der Waals surface area contributed by atoms with Gasteiger partial charge in [0.05, 0.1) is 29.0 Å². The highest BCUT2D eigenvalue weighted by Crippen LogP contribution is 2.29. The van der Waals surface area contributed by atoms with Gasteiger partial charge in [0.1, 0.15) is 6.61 Å². The maximum atomic E-state index is 12.9. The summed E-state index contributed by atoms with van der Waals surface area (Å²) < 4.78 is 5.58. The smallest absolute Gasteiger partial charge is 0.262 e. The van der Waals surface area contributed by atoms with Crippen LogP contribution in [0.4, 0.5) is 5.69 Å². The Morgan fingerprint density at radius 2 is 1.51 bits per heavy atom. The topological polar surface area (TPSA) is 92.8 Å². The van der Waals surface area contributed by atoms with Crippen LogP contribution in [-0.2, 0) is 9.53 Å². The van der Waals surface area contributed by atoms with E-state index in [-0.39, 0.29) is 24.6 Å². The molecule has 0 saturated carbocycles. The van der Waals surface area contributed by atoms with E-state index < -0.39 is 23.3 Å². The van der Waals surface area contributed by atoms with Crippen LogP contribution in [0.25, 0.3) is 0 Å². The maximum absolute atomic E-state index is 12.9. The number of hydrogen-bond acceptors (Lipinski definition) is 5. The molecule has 178 valence electrons. The van der Waals surface area contributed by atoms with Gasteiger partial charge in [0.2, 0.25) is 5.91 Å². The van der Waals surface area contributed by atoms with E-state index in [1.54, 1.807) is 80.6 Å². The zero-order valence-corrected chi connectivity index (χ0v) is 20.0. The Kier molecular flexibility index (Phi) is 6.82. The van der Waals surface area contributed by atoms with Gasteiger partial charge in [0.15, 0.2) is 5.78 Å². The largest absolute Gasteiger partial charge is 0.369 e. The Hall–Kier alpha value is -3.81. The summed E-state index contributed by atoms with van der Waals surface area (Å²) >= 11 is 6.09. The van der Waals surface area contributed by atoms with Gasteiger partial charge >= 0.3 is 0 Å². The first-order chi connectivity index (χ1) is 16.7. The second-order valence-electron chi connectivity index (χ2n) is 8.73. The second kappa shape index (κ2) is 9.82. The summed E-state index contributed by atoms with van der Waals surface area (Å²) in [5.41, 5.74) is 0.731. The van der Waals surface area contributed by atoms with E-state index in [9.17, 15) is 19.2 Å². The third kappa shape index (κ3) is 5.01. The van der Waals surface area contributed by atoms with Crippen LogP contribution in [0.5, 0.6) is 0 Å². The van der Waals surface area contributed by atoms with Crippen LogP contribution in [0.1, 0.15) is 50.5 Å². The van der Waals surface area contributed by atoms with Crippen LogP contribution >= 0.6 is 11.6 Å². The quantitative estimate of drug-likeness (QED) is 0.368. The van der Waals surface area contributed by atoms with Gasteiger partial charge in [-0.2, -0.15) is 0 Å². The van der Waals surface area contributed by atoms with Crippen LogP contribution < -0.4 is 5.32 Å². The van der Waals surface area contributed by atoms with Crippen molar-refractivity contribution in [1.29, 1.82) is 0 Å². The third-order valence-electron chi connectivity index (χ3n) is 5.62. The van der Waals surface area contributed by atoms with Gasteiger partial charge in [-0.15, -0.1) is 0 Å². The molecule has 4 rings (SSSR count). The molecule has 0 aliphatic carbocycles. The van der Waals surface area contributed by atoms with Crippen molar-refractivity contribution in [2.75, 3.05) is 18.5 Å². The van der Waals surface area contributed by atoms with E-state index in [2.05, 4.69) is 5.32 Å². The first-order valence-corrected chi connectivity index (χ1v) is 11.3. The maximum Gasteiger partial charge on any atom is 0.262 e. The number of hydrogen-bond donors (Lipinski definition) is 1. The lowest BCUT2D eigenvalue weighted by molar-refractivity contribution is -0.121. The molecule has 0 spiro atoms. The van der Waals surface area contributed by atoms with Crippen molar-refractivity contribution in [3.05, 3.63) is 100 Å². The molecule has 7 nitrogen and oxygen atoms in total. The first kappa shape index (κ1) is 24.3. The summed E-state index contributed by atoms with van der Waals surface area (Å²) in [4.78, 5) is 52.2. The Morgan fingerprint density at radius 3 is 2.14 bits per heavy atom. The third-order valence-corrected chi connectivity index (χ3v) is 5.86. The number of nitrogens with one attached hydrogen (secondary N) is 1. The lowest BCUT2D eigenvalue weighted by Gasteiger charge is -2.33. The standard InChI is InChI=1S/C27H23ClN2O5/c1-27(2,30-25(33)19-10-6-7-11-20(19)26(30)34)16-35-15-23(31)29-22-13-12-18(28)14-21(22)24(32)17-8-4-3-5-9-17/h3-14H,15-16H2,1-2H3,(H,29,31). The highest BCUT2D eigenvalue weighted by molar-refractivity contribution is 6.31. The lowest BCUT2D eigenvalue weighted by atomic mass is 10.0. The normalized spacial score (nSPS) is 13.1. The predicted molar refractivity (Wildman–Crippen MR) is 132 cm³/mol. The van der Waals surface area contributed by atoms with Crippen LogP contribution in [0.3, 0.4) is 0 Å². The lowest BCUT2D eigenvalue weighted by Crippen LogP contribution is -2.50. The molecule has 3 aromatic carbocycles. The molecule has 1 N–H and O–H groups in total. The molecule has 0 radical (unpaired) electrons. The average Bonchev–Trinajstić information content (AvgIpc) is 3.11. The Balaban J connectivity index is 1.40. The molecule has 1 aliphatic rings. The molecule has 0 unspecified atom stereocenters. The number of halogens is 1. The second-order valence-corrected chi connectivity index (χ2v) is 9.17. The van der Waals surface area contributed by atoms with Crippen molar-refractivity contribution >= 4 is 40.8 Å². The van der Waals surface area contributed by atoms with Crippen molar-refractivity contribution < 1.29 is 23.9 Å². The first-order valence-electron chi connectivity index (χ1n) is 10.9. The van der Waals surface area contributed by atoms with E-state index in [4.69, 9.17) is 16.3 Å². The number of amides is 3. The van der Waals surface area contributed by atoms with Crippen molar-refractivity contribution in [3.63, 3.8) is 0 Å². The monoisotopic (exact) mass is 490 g/mol. The Morgan fingerprint density at radius 1 is 0.914 bits per heavy atom. The molecule has 0 aromatic heterocycles. The zero-order valence-electron chi connectivity index (χ0n) is 19.2. The van der Waals surface area contributed by atoms with Crippen molar-refractivity contribution in [2.45, 2.75) is 19.4 Å². The highest BCUT2D eigenvalue weighted by Gasteiger charge is 2.44. The van der Waals surface area contributed by atoms with E-state index in [0.717, 1.165) is 4.90 Å². The molecular formula is C27H23ClN2O5. The van der Waals surface area contributed by atoms with Gasteiger partial charge in [-0.05, 0) is 44.2 Å². The predicted octanol–water partition coefficient (Wildman–Crippen LogP) is 4.60. The molecule has 0 atom stereocenters. The molecule has 35 heavy (non-hydrogen) atoms. The van der Waals surface area contributed by atoms with E-state index in [0.29, 0.717) is 27.4 Å². The minimum Gasteiger partial charge on any atom is -0.369 e. The Labute approximate surface area is 207 Å².